The lowest BCUT2D eigenvalue weighted by Gasteiger charge is -2.14. The van der Waals surface area contributed by atoms with Crippen LogP contribution in [0.5, 0.6) is 5.75 Å². The third-order valence-corrected chi connectivity index (χ3v) is 3.34. The number of amides is 1. The van der Waals surface area contributed by atoms with E-state index in [-0.39, 0.29) is 23.1 Å². The van der Waals surface area contributed by atoms with Gasteiger partial charge in [0.25, 0.3) is 0 Å². The van der Waals surface area contributed by atoms with Crippen LogP contribution in [0.25, 0.3) is 0 Å². The summed E-state index contributed by atoms with van der Waals surface area (Å²) in [6.07, 6.45) is 0.337. The van der Waals surface area contributed by atoms with Gasteiger partial charge in [0.1, 0.15) is 17.7 Å². The van der Waals surface area contributed by atoms with E-state index in [1.165, 1.54) is 12.1 Å². The maximum absolute atomic E-state index is 13.2. The van der Waals surface area contributed by atoms with E-state index in [2.05, 4.69) is 0 Å². The molecule has 1 saturated heterocycles. The van der Waals surface area contributed by atoms with E-state index in [9.17, 15) is 9.18 Å². The number of rotatable bonds is 3. The third-order valence-electron chi connectivity index (χ3n) is 3.03. The monoisotopic (exact) mass is 272 g/mol. The number of nitrogens with two attached hydrogens (primary N) is 1. The SMILES string of the molecule is CN1CC(Oc2ccc(Cl)c(F)c2)CC1C(N)=O. The second kappa shape index (κ2) is 5.12. The number of ether oxygens (including phenoxy) is 1. The van der Waals surface area contributed by atoms with Crippen molar-refractivity contribution in [1.29, 1.82) is 0 Å². The van der Waals surface area contributed by atoms with Crippen molar-refractivity contribution in [3.63, 3.8) is 0 Å². The van der Waals surface area contributed by atoms with Gasteiger partial charge >= 0.3 is 0 Å². The van der Waals surface area contributed by atoms with Gasteiger partial charge < -0.3 is 10.5 Å². The van der Waals surface area contributed by atoms with Crippen molar-refractivity contribution in [2.45, 2.75) is 18.6 Å². The Kier molecular flexibility index (Phi) is 3.73. The number of likely N-dealkylation sites (tertiary alicyclic amines) is 1. The molecule has 0 saturated carbocycles. The number of halogens is 2. The number of primary amides is 1. The summed E-state index contributed by atoms with van der Waals surface area (Å²) >= 11 is 5.59. The maximum atomic E-state index is 13.2. The van der Waals surface area contributed by atoms with E-state index in [1.807, 2.05) is 4.90 Å². The molecule has 2 atom stereocenters. The smallest absolute Gasteiger partial charge is 0.234 e. The molecule has 1 heterocycles. The van der Waals surface area contributed by atoms with Crippen LogP contribution in [0.4, 0.5) is 4.39 Å². The maximum Gasteiger partial charge on any atom is 0.234 e. The highest BCUT2D eigenvalue weighted by Crippen LogP contribution is 2.25. The molecule has 1 aromatic carbocycles. The Balaban J connectivity index is 2.03. The Morgan fingerprint density at radius 3 is 2.89 bits per heavy atom. The first kappa shape index (κ1) is 13.1. The highest BCUT2D eigenvalue weighted by atomic mass is 35.5. The highest BCUT2D eigenvalue weighted by molar-refractivity contribution is 6.30. The van der Waals surface area contributed by atoms with Gasteiger partial charge in [-0.05, 0) is 19.2 Å². The topological polar surface area (TPSA) is 55.6 Å². The van der Waals surface area contributed by atoms with Gasteiger partial charge in [0.15, 0.2) is 0 Å². The van der Waals surface area contributed by atoms with Crippen LogP contribution in [0.3, 0.4) is 0 Å². The van der Waals surface area contributed by atoms with Crippen LogP contribution in [0.15, 0.2) is 18.2 Å². The van der Waals surface area contributed by atoms with Gasteiger partial charge in [0.2, 0.25) is 5.91 Å². The minimum Gasteiger partial charge on any atom is -0.489 e. The first-order valence-corrected chi connectivity index (χ1v) is 5.96. The molecule has 1 amide bonds. The van der Waals surface area contributed by atoms with Crippen molar-refractivity contribution in [3.05, 3.63) is 29.0 Å². The van der Waals surface area contributed by atoms with Crippen LogP contribution in [-0.4, -0.2) is 36.5 Å². The lowest BCUT2D eigenvalue weighted by atomic mass is 10.2. The Morgan fingerprint density at radius 1 is 1.61 bits per heavy atom. The summed E-state index contributed by atoms with van der Waals surface area (Å²) in [7, 11) is 1.81. The largest absolute Gasteiger partial charge is 0.489 e. The van der Waals surface area contributed by atoms with Crippen LogP contribution in [0, 0.1) is 5.82 Å². The summed E-state index contributed by atoms with van der Waals surface area (Å²) in [6.45, 7) is 0.581. The quantitative estimate of drug-likeness (QED) is 0.905. The molecular weight excluding hydrogens is 259 g/mol. The van der Waals surface area contributed by atoms with Crippen molar-refractivity contribution < 1.29 is 13.9 Å². The van der Waals surface area contributed by atoms with E-state index in [0.29, 0.717) is 18.7 Å². The van der Waals surface area contributed by atoms with Crippen LogP contribution in [0.2, 0.25) is 5.02 Å². The van der Waals surface area contributed by atoms with Gasteiger partial charge in [0.05, 0.1) is 11.1 Å². The van der Waals surface area contributed by atoms with Gasteiger partial charge in [-0.15, -0.1) is 0 Å². The summed E-state index contributed by atoms with van der Waals surface area (Å²) < 4.78 is 18.9. The van der Waals surface area contributed by atoms with Crippen molar-refractivity contribution >= 4 is 17.5 Å². The average Bonchev–Trinajstić information content (AvgIpc) is 2.65. The van der Waals surface area contributed by atoms with Gasteiger partial charge in [-0.2, -0.15) is 0 Å². The molecule has 1 aliphatic heterocycles. The molecule has 6 heteroatoms. The first-order chi connectivity index (χ1) is 8.47. The molecule has 4 nitrogen and oxygen atoms in total. The molecule has 18 heavy (non-hydrogen) atoms. The second-order valence-electron chi connectivity index (χ2n) is 4.41. The van der Waals surface area contributed by atoms with Gasteiger partial charge in [-0.1, -0.05) is 11.6 Å². The van der Waals surface area contributed by atoms with E-state index >= 15 is 0 Å². The van der Waals surface area contributed by atoms with E-state index in [0.717, 1.165) is 0 Å². The number of carbonyl (C=O) groups excluding carboxylic acids is 1. The van der Waals surface area contributed by atoms with Crippen LogP contribution < -0.4 is 10.5 Å². The Labute approximate surface area is 109 Å². The molecule has 0 aliphatic carbocycles. The molecule has 0 spiro atoms. The number of nitrogens with zero attached hydrogens (tertiary/aromatic N) is 1. The van der Waals surface area contributed by atoms with E-state index < -0.39 is 5.82 Å². The fourth-order valence-electron chi connectivity index (χ4n) is 2.11. The Morgan fingerprint density at radius 2 is 2.33 bits per heavy atom. The molecule has 2 unspecified atom stereocenters. The van der Waals surface area contributed by atoms with Crippen LogP contribution in [-0.2, 0) is 4.79 Å². The molecule has 0 bridgehead atoms. The normalized spacial score (nSPS) is 24.2. The minimum atomic E-state index is -0.521. The van der Waals surface area contributed by atoms with Gasteiger partial charge in [0, 0.05) is 19.0 Å². The average molecular weight is 273 g/mol. The zero-order valence-electron chi connectivity index (χ0n) is 9.90. The number of likely N-dealkylation sites (N-methyl/N-ethyl adjacent to an activating group) is 1. The lowest BCUT2D eigenvalue weighted by Crippen LogP contribution is -2.37. The van der Waals surface area contributed by atoms with Gasteiger partial charge in [-0.25, -0.2) is 4.39 Å². The highest BCUT2D eigenvalue weighted by Gasteiger charge is 2.34. The molecule has 2 rings (SSSR count). The van der Waals surface area contributed by atoms with Crippen molar-refractivity contribution in [2.24, 2.45) is 5.73 Å². The predicted octanol–water partition coefficient (Wildman–Crippen LogP) is 1.42. The molecule has 2 N–H and O–H groups in total. The summed E-state index contributed by atoms with van der Waals surface area (Å²) in [5, 5.41) is 0.0564. The molecule has 98 valence electrons. The fourth-order valence-corrected chi connectivity index (χ4v) is 2.23. The summed E-state index contributed by atoms with van der Waals surface area (Å²) in [5.41, 5.74) is 5.27. The molecular formula is C12H14ClFN2O2. The van der Waals surface area contributed by atoms with Crippen molar-refractivity contribution in [3.8, 4) is 5.75 Å². The third kappa shape index (κ3) is 2.73. The standard InChI is InChI=1S/C12H14ClFN2O2/c1-16-6-8(5-11(16)12(15)17)18-7-2-3-9(13)10(14)4-7/h2-4,8,11H,5-6H2,1H3,(H2,15,17). The summed E-state index contributed by atoms with van der Waals surface area (Å²) in [5.74, 6) is -0.488. The van der Waals surface area contributed by atoms with E-state index in [4.69, 9.17) is 22.1 Å². The zero-order chi connectivity index (χ0) is 13.3. The molecule has 1 aliphatic rings. The van der Waals surface area contributed by atoms with Crippen LogP contribution in [0.1, 0.15) is 6.42 Å². The van der Waals surface area contributed by atoms with Gasteiger partial charge in [-0.3, -0.25) is 9.69 Å². The van der Waals surface area contributed by atoms with Crippen molar-refractivity contribution in [1.82, 2.24) is 4.90 Å². The number of hydrogen-bond donors (Lipinski definition) is 1. The number of benzene rings is 1. The first-order valence-electron chi connectivity index (χ1n) is 5.58. The second-order valence-corrected chi connectivity index (χ2v) is 4.82. The number of hydrogen-bond acceptors (Lipinski definition) is 3. The zero-order valence-corrected chi connectivity index (χ0v) is 10.7. The molecule has 0 aromatic heterocycles. The molecule has 1 aromatic rings. The Bertz CT molecular complexity index is 469. The summed E-state index contributed by atoms with van der Waals surface area (Å²) in [4.78, 5) is 13.0. The fraction of sp³-hybridized carbons (Fsp3) is 0.417. The molecule has 1 fully saturated rings. The minimum absolute atomic E-state index is 0.0564. The lowest BCUT2D eigenvalue weighted by molar-refractivity contribution is -0.121. The number of carbonyl (C=O) groups is 1. The van der Waals surface area contributed by atoms with Crippen LogP contribution >= 0.6 is 11.6 Å². The van der Waals surface area contributed by atoms with Crippen molar-refractivity contribution in [2.75, 3.05) is 13.6 Å². The molecule has 0 radical (unpaired) electrons. The Hall–Kier alpha value is -1.33. The predicted molar refractivity (Wildman–Crippen MR) is 66.1 cm³/mol. The van der Waals surface area contributed by atoms with E-state index in [1.54, 1.807) is 13.1 Å². The summed E-state index contributed by atoms with van der Waals surface area (Å²) in [6, 6.07) is 3.95.